The number of carbonyl (C=O) groups excluding carboxylic acids is 1. The number of piperidine rings is 1. The van der Waals surface area contributed by atoms with E-state index in [1.165, 1.54) is 0 Å². The minimum absolute atomic E-state index is 0.330. The third-order valence-corrected chi connectivity index (χ3v) is 3.94. The van der Waals surface area contributed by atoms with E-state index in [9.17, 15) is 4.79 Å². The first-order valence-corrected chi connectivity index (χ1v) is 6.52. The number of carbonyl (C=O) groups is 1. The summed E-state index contributed by atoms with van der Waals surface area (Å²) in [6.07, 6.45) is 2.86. The Morgan fingerprint density at radius 2 is 1.88 bits per heavy atom. The molecule has 1 aliphatic rings. The van der Waals surface area contributed by atoms with E-state index in [2.05, 4.69) is 20.8 Å². The first-order chi connectivity index (χ1) is 7.54. The molecule has 1 atom stereocenters. The van der Waals surface area contributed by atoms with Gasteiger partial charge in [0, 0.05) is 19.5 Å². The van der Waals surface area contributed by atoms with E-state index in [0.29, 0.717) is 30.1 Å². The van der Waals surface area contributed by atoms with Gasteiger partial charge in [0.1, 0.15) is 0 Å². The molecule has 0 spiro atoms. The number of hydrogen-bond acceptors (Lipinski definition) is 2. The molecule has 1 saturated heterocycles. The Kier molecular flexibility index (Phi) is 5.26. The maximum absolute atomic E-state index is 12.0. The lowest BCUT2D eigenvalue weighted by atomic mass is 9.92. The molecule has 0 aromatic rings. The van der Waals surface area contributed by atoms with Crippen LogP contribution in [0.1, 0.15) is 40.0 Å². The lowest BCUT2D eigenvalue weighted by Gasteiger charge is -2.32. The van der Waals surface area contributed by atoms with Gasteiger partial charge in [-0.05, 0) is 37.1 Å². The SMILES string of the molecule is CC(C)C(C)CC(=O)N1CCC(CN)CC1. The summed E-state index contributed by atoms with van der Waals surface area (Å²) < 4.78 is 0. The zero-order valence-electron chi connectivity index (χ0n) is 10.9. The minimum Gasteiger partial charge on any atom is -0.343 e. The molecule has 16 heavy (non-hydrogen) atoms. The van der Waals surface area contributed by atoms with Crippen LogP contribution in [0.4, 0.5) is 0 Å². The van der Waals surface area contributed by atoms with Gasteiger partial charge < -0.3 is 10.6 Å². The zero-order valence-corrected chi connectivity index (χ0v) is 10.9. The molecule has 94 valence electrons. The van der Waals surface area contributed by atoms with Gasteiger partial charge in [0.25, 0.3) is 0 Å². The summed E-state index contributed by atoms with van der Waals surface area (Å²) in [6, 6.07) is 0. The highest BCUT2D eigenvalue weighted by atomic mass is 16.2. The predicted octanol–water partition coefficient (Wildman–Crippen LogP) is 1.87. The molecule has 0 radical (unpaired) electrons. The zero-order chi connectivity index (χ0) is 12.1. The Hall–Kier alpha value is -0.570. The molecule has 0 bridgehead atoms. The molecule has 0 aromatic heterocycles. The average molecular weight is 226 g/mol. The van der Waals surface area contributed by atoms with Gasteiger partial charge in [0.15, 0.2) is 0 Å². The topological polar surface area (TPSA) is 46.3 Å². The number of nitrogens with two attached hydrogens (primary N) is 1. The van der Waals surface area contributed by atoms with Crippen LogP contribution < -0.4 is 5.73 Å². The van der Waals surface area contributed by atoms with Crippen LogP contribution in [0.5, 0.6) is 0 Å². The second-order valence-corrected chi connectivity index (χ2v) is 5.49. The van der Waals surface area contributed by atoms with Crippen LogP contribution in [0.2, 0.25) is 0 Å². The van der Waals surface area contributed by atoms with Crippen molar-refractivity contribution in [3.63, 3.8) is 0 Å². The summed E-state index contributed by atoms with van der Waals surface area (Å²) in [7, 11) is 0. The van der Waals surface area contributed by atoms with E-state index in [1.54, 1.807) is 0 Å². The van der Waals surface area contributed by atoms with Crippen molar-refractivity contribution < 1.29 is 4.79 Å². The number of hydrogen-bond donors (Lipinski definition) is 1. The molecule has 1 fully saturated rings. The number of rotatable bonds is 4. The largest absolute Gasteiger partial charge is 0.343 e. The van der Waals surface area contributed by atoms with Crippen LogP contribution in [-0.2, 0) is 4.79 Å². The normalized spacial score (nSPS) is 20.2. The molecule has 1 rings (SSSR count). The van der Waals surface area contributed by atoms with Crippen molar-refractivity contribution >= 4 is 5.91 Å². The van der Waals surface area contributed by atoms with E-state index in [1.807, 2.05) is 4.90 Å². The number of amides is 1. The molecule has 1 amide bonds. The van der Waals surface area contributed by atoms with Gasteiger partial charge in [0.2, 0.25) is 5.91 Å². The maximum atomic E-state index is 12.0. The fourth-order valence-electron chi connectivity index (χ4n) is 2.06. The first kappa shape index (κ1) is 13.5. The molecular weight excluding hydrogens is 200 g/mol. The Morgan fingerprint density at radius 1 is 1.31 bits per heavy atom. The minimum atomic E-state index is 0.330. The predicted molar refractivity (Wildman–Crippen MR) is 67.0 cm³/mol. The summed E-state index contributed by atoms with van der Waals surface area (Å²) in [4.78, 5) is 14.0. The van der Waals surface area contributed by atoms with Crippen molar-refractivity contribution in [1.82, 2.24) is 4.90 Å². The highest BCUT2D eigenvalue weighted by Gasteiger charge is 2.23. The summed E-state index contributed by atoms with van der Waals surface area (Å²) >= 11 is 0. The van der Waals surface area contributed by atoms with Crippen molar-refractivity contribution in [1.29, 1.82) is 0 Å². The fraction of sp³-hybridized carbons (Fsp3) is 0.923. The molecule has 1 heterocycles. The second kappa shape index (κ2) is 6.24. The van der Waals surface area contributed by atoms with E-state index < -0.39 is 0 Å². The van der Waals surface area contributed by atoms with E-state index in [4.69, 9.17) is 5.73 Å². The highest BCUT2D eigenvalue weighted by molar-refractivity contribution is 5.76. The standard InChI is InChI=1S/C13H26N2O/c1-10(2)11(3)8-13(16)15-6-4-12(9-14)5-7-15/h10-12H,4-9,14H2,1-3H3. The molecule has 0 aliphatic carbocycles. The van der Waals surface area contributed by atoms with Crippen LogP contribution in [-0.4, -0.2) is 30.4 Å². The quantitative estimate of drug-likeness (QED) is 0.795. The van der Waals surface area contributed by atoms with E-state index in [0.717, 1.165) is 32.5 Å². The Bertz CT molecular complexity index is 220. The van der Waals surface area contributed by atoms with Gasteiger partial charge in [-0.1, -0.05) is 20.8 Å². The molecule has 2 N–H and O–H groups in total. The summed E-state index contributed by atoms with van der Waals surface area (Å²) in [6.45, 7) is 9.11. The number of likely N-dealkylation sites (tertiary alicyclic amines) is 1. The second-order valence-electron chi connectivity index (χ2n) is 5.49. The molecule has 3 nitrogen and oxygen atoms in total. The van der Waals surface area contributed by atoms with Crippen LogP contribution in [0, 0.1) is 17.8 Å². The fourth-order valence-corrected chi connectivity index (χ4v) is 2.06. The summed E-state index contributed by atoms with van der Waals surface area (Å²) in [5.41, 5.74) is 5.64. The van der Waals surface area contributed by atoms with Crippen molar-refractivity contribution in [3.05, 3.63) is 0 Å². The molecule has 1 unspecified atom stereocenters. The van der Waals surface area contributed by atoms with Crippen LogP contribution >= 0.6 is 0 Å². The first-order valence-electron chi connectivity index (χ1n) is 6.52. The third kappa shape index (κ3) is 3.78. The Morgan fingerprint density at radius 3 is 2.31 bits per heavy atom. The van der Waals surface area contributed by atoms with Crippen molar-refractivity contribution in [2.75, 3.05) is 19.6 Å². The van der Waals surface area contributed by atoms with Crippen LogP contribution in [0.15, 0.2) is 0 Å². The molecule has 0 saturated carbocycles. The molecular formula is C13H26N2O. The summed E-state index contributed by atoms with van der Waals surface area (Å²) in [5, 5.41) is 0. The lowest BCUT2D eigenvalue weighted by molar-refractivity contribution is -0.133. The number of nitrogens with zero attached hydrogens (tertiary/aromatic N) is 1. The third-order valence-electron chi connectivity index (χ3n) is 3.94. The van der Waals surface area contributed by atoms with Gasteiger partial charge in [-0.3, -0.25) is 4.79 Å². The van der Waals surface area contributed by atoms with Gasteiger partial charge in [-0.2, -0.15) is 0 Å². The average Bonchev–Trinajstić information content (AvgIpc) is 2.28. The smallest absolute Gasteiger partial charge is 0.222 e. The lowest BCUT2D eigenvalue weighted by Crippen LogP contribution is -2.40. The molecule has 0 aromatic carbocycles. The molecule has 1 aliphatic heterocycles. The van der Waals surface area contributed by atoms with Crippen molar-refractivity contribution in [2.45, 2.75) is 40.0 Å². The maximum Gasteiger partial charge on any atom is 0.222 e. The van der Waals surface area contributed by atoms with Gasteiger partial charge in [-0.15, -0.1) is 0 Å². The van der Waals surface area contributed by atoms with E-state index in [-0.39, 0.29) is 0 Å². The van der Waals surface area contributed by atoms with Gasteiger partial charge in [-0.25, -0.2) is 0 Å². The van der Waals surface area contributed by atoms with Gasteiger partial charge in [0.05, 0.1) is 0 Å². The van der Waals surface area contributed by atoms with Gasteiger partial charge >= 0.3 is 0 Å². The monoisotopic (exact) mass is 226 g/mol. The van der Waals surface area contributed by atoms with Crippen LogP contribution in [0.3, 0.4) is 0 Å². The Labute approximate surface area is 99.4 Å². The van der Waals surface area contributed by atoms with Crippen LogP contribution in [0.25, 0.3) is 0 Å². The van der Waals surface area contributed by atoms with Crippen molar-refractivity contribution in [3.8, 4) is 0 Å². The van der Waals surface area contributed by atoms with E-state index >= 15 is 0 Å². The van der Waals surface area contributed by atoms with Crippen molar-refractivity contribution in [2.24, 2.45) is 23.5 Å². The summed E-state index contributed by atoms with van der Waals surface area (Å²) in [5.74, 6) is 2.04. The molecule has 3 heteroatoms. The Balaban J connectivity index is 2.33. The highest BCUT2D eigenvalue weighted by Crippen LogP contribution is 2.20.